The molecule has 1 fully saturated rings. The summed E-state index contributed by atoms with van der Waals surface area (Å²) < 4.78 is 0. The van der Waals surface area contributed by atoms with Crippen molar-refractivity contribution in [3.8, 4) is 0 Å². The minimum absolute atomic E-state index is 0.118. The van der Waals surface area contributed by atoms with Gasteiger partial charge in [0.05, 0.1) is 12.2 Å². The van der Waals surface area contributed by atoms with Gasteiger partial charge in [-0.3, -0.25) is 0 Å². The highest BCUT2D eigenvalue weighted by Crippen LogP contribution is 2.49. The molecule has 2 N–H and O–H groups in total. The van der Waals surface area contributed by atoms with Gasteiger partial charge in [-0.1, -0.05) is 18.2 Å². The first kappa shape index (κ1) is 14.5. The summed E-state index contributed by atoms with van der Waals surface area (Å²) in [7, 11) is 0. The van der Waals surface area contributed by atoms with E-state index < -0.39 is 5.60 Å². The Bertz CT molecular complexity index is 301. The smallest absolute Gasteiger partial charge is 0.0620 e. The molecule has 3 unspecified atom stereocenters. The van der Waals surface area contributed by atoms with Crippen molar-refractivity contribution < 1.29 is 10.2 Å². The Morgan fingerprint density at radius 2 is 2.12 bits per heavy atom. The second-order valence-corrected chi connectivity index (χ2v) is 6.12. The van der Waals surface area contributed by atoms with Crippen molar-refractivity contribution in [2.75, 3.05) is 6.61 Å². The van der Waals surface area contributed by atoms with Crippen molar-refractivity contribution in [3.63, 3.8) is 0 Å². The van der Waals surface area contributed by atoms with E-state index in [-0.39, 0.29) is 23.9 Å². The summed E-state index contributed by atoms with van der Waals surface area (Å²) in [5, 5.41) is 19.8. The van der Waals surface area contributed by atoms with Gasteiger partial charge in [0.2, 0.25) is 0 Å². The van der Waals surface area contributed by atoms with Gasteiger partial charge in [-0.2, -0.15) is 0 Å². The van der Waals surface area contributed by atoms with Crippen LogP contribution < -0.4 is 0 Å². The van der Waals surface area contributed by atoms with E-state index in [4.69, 9.17) is 0 Å². The van der Waals surface area contributed by atoms with Crippen LogP contribution in [0, 0.1) is 17.3 Å². The van der Waals surface area contributed by atoms with Crippen LogP contribution in [0.1, 0.15) is 40.0 Å². The molecule has 0 aromatic rings. The van der Waals surface area contributed by atoms with Gasteiger partial charge in [0.25, 0.3) is 0 Å². The van der Waals surface area contributed by atoms with Crippen molar-refractivity contribution >= 4 is 0 Å². The van der Waals surface area contributed by atoms with E-state index in [1.54, 1.807) is 0 Å². The second kappa shape index (κ2) is 4.95. The first-order valence-corrected chi connectivity index (χ1v) is 6.39. The number of allylic oxidation sites excluding steroid dienone is 1. The summed E-state index contributed by atoms with van der Waals surface area (Å²) in [6, 6.07) is 0. The van der Waals surface area contributed by atoms with Gasteiger partial charge in [-0.05, 0) is 51.9 Å². The zero-order valence-electron chi connectivity index (χ0n) is 11.4. The van der Waals surface area contributed by atoms with E-state index >= 15 is 0 Å². The van der Waals surface area contributed by atoms with E-state index in [0.29, 0.717) is 0 Å². The van der Waals surface area contributed by atoms with Gasteiger partial charge < -0.3 is 10.2 Å². The monoisotopic (exact) mass is 238 g/mol. The summed E-state index contributed by atoms with van der Waals surface area (Å²) in [4.78, 5) is 0. The summed E-state index contributed by atoms with van der Waals surface area (Å²) in [6.07, 6.45) is 4.57. The molecule has 0 amide bonds. The highest BCUT2D eigenvalue weighted by Gasteiger charge is 2.44. The fraction of sp³-hybridized carbons (Fsp3) is 0.733. The van der Waals surface area contributed by atoms with E-state index in [1.165, 1.54) is 0 Å². The number of aliphatic hydroxyl groups excluding tert-OH is 1. The van der Waals surface area contributed by atoms with Crippen LogP contribution in [0.4, 0.5) is 0 Å². The molecule has 0 aromatic heterocycles. The Kier molecular flexibility index (Phi) is 4.21. The predicted octanol–water partition coefficient (Wildman–Crippen LogP) is 2.91. The molecule has 0 aliphatic heterocycles. The molecule has 3 atom stereocenters. The molecule has 2 heteroatoms. The van der Waals surface area contributed by atoms with Crippen LogP contribution in [-0.4, -0.2) is 22.4 Å². The van der Waals surface area contributed by atoms with Gasteiger partial charge in [-0.25, -0.2) is 0 Å². The first-order chi connectivity index (χ1) is 7.77. The van der Waals surface area contributed by atoms with E-state index in [9.17, 15) is 10.2 Å². The Morgan fingerprint density at radius 1 is 1.53 bits per heavy atom. The lowest BCUT2D eigenvalue weighted by Gasteiger charge is -2.47. The second-order valence-electron chi connectivity index (χ2n) is 6.12. The maximum Gasteiger partial charge on any atom is 0.0620 e. The fourth-order valence-corrected chi connectivity index (χ4v) is 3.09. The minimum atomic E-state index is -0.656. The fourth-order valence-electron chi connectivity index (χ4n) is 3.09. The SMILES string of the molecule is C=CC1(CO)CCC(C(C)(C)O)CC1C(=C)C. The number of hydrogen-bond acceptors (Lipinski definition) is 2. The van der Waals surface area contributed by atoms with Crippen LogP contribution in [-0.2, 0) is 0 Å². The lowest BCUT2D eigenvalue weighted by Crippen LogP contribution is -2.44. The van der Waals surface area contributed by atoms with Crippen LogP contribution >= 0.6 is 0 Å². The summed E-state index contributed by atoms with van der Waals surface area (Å²) in [5.74, 6) is 0.485. The summed E-state index contributed by atoms with van der Waals surface area (Å²) >= 11 is 0. The molecule has 2 nitrogen and oxygen atoms in total. The third-order valence-electron chi connectivity index (χ3n) is 4.47. The van der Waals surface area contributed by atoms with Crippen molar-refractivity contribution in [1.82, 2.24) is 0 Å². The highest BCUT2D eigenvalue weighted by atomic mass is 16.3. The van der Waals surface area contributed by atoms with Crippen molar-refractivity contribution in [3.05, 3.63) is 24.8 Å². The van der Waals surface area contributed by atoms with Crippen molar-refractivity contribution in [2.24, 2.45) is 17.3 Å². The summed E-state index contributed by atoms with van der Waals surface area (Å²) in [5.41, 5.74) is 0.178. The zero-order chi connectivity index (χ0) is 13.3. The molecule has 1 rings (SSSR count). The lowest BCUT2D eigenvalue weighted by atomic mass is 9.59. The Hall–Kier alpha value is -0.600. The standard InChI is InChI=1S/C15H26O2/c1-6-15(10-16)8-7-12(14(4,5)17)9-13(15)11(2)3/h6,12-13,16-17H,1-2,7-10H2,3-5H3. The Labute approximate surface area is 105 Å². The topological polar surface area (TPSA) is 40.5 Å². The number of aliphatic hydroxyl groups is 2. The van der Waals surface area contributed by atoms with Gasteiger partial charge in [0.15, 0.2) is 0 Å². The normalized spacial score (nSPS) is 34.4. The average molecular weight is 238 g/mol. The quantitative estimate of drug-likeness (QED) is 0.739. The maximum atomic E-state index is 10.1. The molecule has 1 aliphatic carbocycles. The lowest BCUT2D eigenvalue weighted by molar-refractivity contribution is -0.0382. The Morgan fingerprint density at radius 3 is 2.47 bits per heavy atom. The van der Waals surface area contributed by atoms with Gasteiger partial charge in [-0.15, -0.1) is 6.58 Å². The molecule has 0 heterocycles. The third-order valence-corrected chi connectivity index (χ3v) is 4.47. The number of rotatable bonds is 4. The molecular formula is C15H26O2. The molecule has 98 valence electrons. The van der Waals surface area contributed by atoms with Crippen LogP contribution in [0.2, 0.25) is 0 Å². The van der Waals surface area contributed by atoms with Gasteiger partial charge in [0, 0.05) is 5.41 Å². The molecular weight excluding hydrogens is 212 g/mol. The van der Waals surface area contributed by atoms with Crippen LogP contribution in [0.25, 0.3) is 0 Å². The minimum Gasteiger partial charge on any atom is -0.395 e. The van der Waals surface area contributed by atoms with E-state index in [1.807, 2.05) is 26.8 Å². The zero-order valence-corrected chi connectivity index (χ0v) is 11.4. The highest BCUT2D eigenvalue weighted by molar-refractivity contribution is 5.14. The van der Waals surface area contributed by atoms with Crippen LogP contribution in [0.3, 0.4) is 0 Å². The first-order valence-electron chi connectivity index (χ1n) is 6.39. The molecule has 1 saturated carbocycles. The Balaban J connectivity index is 2.96. The molecule has 1 aliphatic rings. The molecule has 0 spiro atoms. The van der Waals surface area contributed by atoms with Gasteiger partial charge >= 0.3 is 0 Å². The molecule has 0 bridgehead atoms. The molecule has 0 radical (unpaired) electrons. The average Bonchev–Trinajstić information content (AvgIpc) is 2.26. The molecule has 0 saturated heterocycles. The third kappa shape index (κ3) is 2.80. The van der Waals surface area contributed by atoms with Crippen molar-refractivity contribution in [2.45, 2.75) is 45.6 Å². The summed E-state index contributed by atoms with van der Waals surface area (Å²) in [6.45, 7) is 13.8. The largest absolute Gasteiger partial charge is 0.395 e. The van der Waals surface area contributed by atoms with Gasteiger partial charge in [0.1, 0.15) is 0 Å². The molecule has 17 heavy (non-hydrogen) atoms. The van der Waals surface area contributed by atoms with Crippen LogP contribution in [0.5, 0.6) is 0 Å². The predicted molar refractivity (Wildman–Crippen MR) is 71.7 cm³/mol. The molecule has 0 aromatic carbocycles. The van der Waals surface area contributed by atoms with Crippen molar-refractivity contribution in [1.29, 1.82) is 0 Å². The van der Waals surface area contributed by atoms with E-state index in [2.05, 4.69) is 13.2 Å². The number of hydrogen-bond donors (Lipinski definition) is 2. The maximum absolute atomic E-state index is 10.1. The van der Waals surface area contributed by atoms with E-state index in [0.717, 1.165) is 24.8 Å². The van der Waals surface area contributed by atoms with Crippen LogP contribution in [0.15, 0.2) is 24.8 Å².